The lowest BCUT2D eigenvalue weighted by Crippen LogP contribution is -2.51. The van der Waals surface area contributed by atoms with E-state index >= 15 is 0 Å². The number of benzene rings is 2. The smallest absolute Gasteiger partial charge is 0.255 e. The normalized spacial score (nSPS) is 19.3. The average Bonchev–Trinajstić information content (AvgIpc) is 3.56. The van der Waals surface area contributed by atoms with Gasteiger partial charge in [-0.2, -0.15) is 5.26 Å². The summed E-state index contributed by atoms with van der Waals surface area (Å²) in [5.41, 5.74) is 0.166. The van der Waals surface area contributed by atoms with Crippen LogP contribution < -0.4 is 20.1 Å². The number of nitrogens with zero attached hydrogens (tertiary/aromatic N) is 1. The summed E-state index contributed by atoms with van der Waals surface area (Å²) in [6, 6.07) is 11.6. The van der Waals surface area contributed by atoms with E-state index in [1.165, 1.54) is 0 Å². The highest BCUT2D eigenvalue weighted by atomic mass is 79.9. The molecule has 2 bridgehead atoms. The molecule has 2 aliphatic heterocycles. The van der Waals surface area contributed by atoms with E-state index in [2.05, 4.69) is 32.6 Å². The van der Waals surface area contributed by atoms with Gasteiger partial charge in [0, 0.05) is 10.9 Å². The molecule has 1 saturated carbocycles. The minimum atomic E-state index is -0.925. The van der Waals surface area contributed by atoms with E-state index < -0.39 is 23.4 Å². The molecule has 0 spiro atoms. The molecule has 0 saturated heterocycles. The second kappa shape index (κ2) is 9.86. The zero-order valence-corrected chi connectivity index (χ0v) is 19.9. The van der Waals surface area contributed by atoms with Gasteiger partial charge >= 0.3 is 0 Å². The van der Waals surface area contributed by atoms with Crippen molar-refractivity contribution in [3.63, 3.8) is 0 Å². The lowest BCUT2D eigenvalue weighted by Gasteiger charge is -2.21. The molecule has 9 heteroatoms. The van der Waals surface area contributed by atoms with E-state index in [0.29, 0.717) is 40.4 Å². The van der Waals surface area contributed by atoms with Gasteiger partial charge in [0.2, 0.25) is 5.91 Å². The Hall–Kier alpha value is -3.02. The van der Waals surface area contributed by atoms with Gasteiger partial charge in [0.1, 0.15) is 36.3 Å². The fourth-order valence-electron chi connectivity index (χ4n) is 3.40. The summed E-state index contributed by atoms with van der Waals surface area (Å²) >= 11 is 9.75. The van der Waals surface area contributed by atoms with Gasteiger partial charge < -0.3 is 20.1 Å². The monoisotopic (exact) mass is 529 g/mol. The molecule has 1 fully saturated rings. The van der Waals surface area contributed by atoms with E-state index in [1.54, 1.807) is 48.6 Å². The molecule has 5 rings (SSSR count). The molecule has 0 aromatic heterocycles. The van der Waals surface area contributed by atoms with Crippen LogP contribution in [0.5, 0.6) is 11.5 Å². The molecule has 0 radical (unpaired) electrons. The highest BCUT2D eigenvalue weighted by Crippen LogP contribution is 2.34. The number of ether oxygens (including phenoxy) is 2. The van der Waals surface area contributed by atoms with Crippen LogP contribution in [0.3, 0.4) is 0 Å². The summed E-state index contributed by atoms with van der Waals surface area (Å²) in [5.74, 6) is 0.00469. The predicted octanol–water partition coefficient (Wildman–Crippen LogP) is 3.94. The molecule has 1 atom stereocenters. The minimum Gasteiger partial charge on any atom is -0.489 e. The molecule has 33 heavy (non-hydrogen) atoms. The first-order valence-corrected chi connectivity index (χ1v) is 11.6. The number of fused-ring (bicyclic) bond motifs is 9. The van der Waals surface area contributed by atoms with Crippen molar-refractivity contribution in [2.45, 2.75) is 30.8 Å². The number of carbonyl (C=O) groups excluding carboxylic acids is 2. The molecule has 0 unspecified atom stereocenters. The van der Waals surface area contributed by atoms with Crippen LogP contribution in [0.1, 0.15) is 28.8 Å². The number of halogens is 2. The van der Waals surface area contributed by atoms with Crippen molar-refractivity contribution in [2.24, 2.45) is 0 Å². The first kappa shape index (κ1) is 23.1. The van der Waals surface area contributed by atoms with Crippen LogP contribution in [0, 0.1) is 11.3 Å². The number of amides is 2. The Morgan fingerprint density at radius 3 is 2.52 bits per heavy atom. The Morgan fingerprint density at radius 1 is 1.15 bits per heavy atom. The maximum atomic E-state index is 13.2. The number of carbonyl (C=O) groups is 2. The van der Waals surface area contributed by atoms with Crippen LogP contribution in [0.25, 0.3) is 0 Å². The molecule has 1 aliphatic carbocycles. The summed E-state index contributed by atoms with van der Waals surface area (Å²) in [7, 11) is 0. The molecule has 170 valence electrons. The van der Waals surface area contributed by atoms with Crippen molar-refractivity contribution in [1.82, 2.24) is 10.6 Å². The van der Waals surface area contributed by atoms with Gasteiger partial charge in [-0.3, -0.25) is 9.59 Å². The van der Waals surface area contributed by atoms with Gasteiger partial charge in [0.25, 0.3) is 5.91 Å². The molecular formula is C24H21BrClN3O4. The predicted molar refractivity (Wildman–Crippen MR) is 126 cm³/mol. The highest BCUT2D eigenvalue weighted by molar-refractivity contribution is 9.10. The lowest BCUT2D eigenvalue weighted by atomic mass is 10.0. The van der Waals surface area contributed by atoms with Crippen LogP contribution in [0.15, 0.2) is 53.0 Å². The van der Waals surface area contributed by atoms with Crippen LogP contribution in [0.2, 0.25) is 5.02 Å². The van der Waals surface area contributed by atoms with Gasteiger partial charge in [0.05, 0.1) is 16.7 Å². The van der Waals surface area contributed by atoms with Crippen molar-refractivity contribution in [3.05, 3.63) is 69.2 Å². The SMILES string of the molecule is N#CC1(NC(=O)[C@@H]2Cc3ccc(c(Cl)c3)OCC=CCOc3ccc(Br)cc3C(=O)N2)CC1. The molecule has 2 amide bonds. The standard InChI is InChI=1S/C24H21BrClN3O4/c25-16-4-6-20-17(13-16)22(30)28-19(23(31)29-24(14-27)7-8-24)12-15-3-5-21(18(26)11-15)33-10-2-1-9-32-20/h1-6,11,13,19H,7-10,12H2,(H,28,30)(H,29,31)/t19-/m0/s1. The van der Waals surface area contributed by atoms with Crippen LogP contribution in [-0.4, -0.2) is 36.6 Å². The third-order valence-corrected chi connectivity index (χ3v) is 6.20. The number of hydrogen-bond donors (Lipinski definition) is 2. The minimum absolute atomic E-state index is 0.184. The van der Waals surface area contributed by atoms with Gasteiger partial charge in [-0.15, -0.1) is 0 Å². The van der Waals surface area contributed by atoms with Gasteiger partial charge in [-0.25, -0.2) is 0 Å². The van der Waals surface area contributed by atoms with E-state index in [9.17, 15) is 14.9 Å². The first-order chi connectivity index (χ1) is 15.9. The summed E-state index contributed by atoms with van der Waals surface area (Å²) in [4.78, 5) is 26.3. The van der Waals surface area contributed by atoms with Crippen molar-refractivity contribution in [3.8, 4) is 17.6 Å². The molecule has 2 N–H and O–H groups in total. The zero-order valence-electron chi connectivity index (χ0n) is 17.6. The number of nitrogens with one attached hydrogen (secondary N) is 2. The largest absolute Gasteiger partial charge is 0.489 e. The number of hydrogen-bond acceptors (Lipinski definition) is 5. The lowest BCUT2D eigenvalue weighted by molar-refractivity contribution is -0.123. The first-order valence-electron chi connectivity index (χ1n) is 10.4. The highest BCUT2D eigenvalue weighted by Gasteiger charge is 2.45. The maximum absolute atomic E-state index is 13.2. The van der Waals surface area contributed by atoms with Gasteiger partial charge in [0.15, 0.2) is 0 Å². The molecule has 2 aromatic rings. The van der Waals surface area contributed by atoms with Crippen molar-refractivity contribution >= 4 is 39.3 Å². The molecular weight excluding hydrogens is 510 g/mol. The van der Waals surface area contributed by atoms with Crippen molar-refractivity contribution < 1.29 is 19.1 Å². The van der Waals surface area contributed by atoms with E-state index in [-0.39, 0.29) is 18.6 Å². The maximum Gasteiger partial charge on any atom is 0.255 e. The summed E-state index contributed by atoms with van der Waals surface area (Å²) in [6.07, 6.45) is 4.95. The van der Waals surface area contributed by atoms with Crippen LogP contribution >= 0.6 is 27.5 Å². The van der Waals surface area contributed by atoms with Crippen molar-refractivity contribution in [2.75, 3.05) is 13.2 Å². The fraction of sp³-hybridized carbons (Fsp3) is 0.292. The summed E-state index contributed by atoms with van der Waals surface area (Å²) < 4.78 is 12.2. The third-order valence-electron chi connectivity index (χ3n) is 5.41. The van der Waals surface area contributed by atoms with E-state index in [0.717, 1.165) is 5.56 Å². The Bertz CT molecular complexity index is 1160. The van der Waals surface area contributed by atoms with E-state index in [1.807, 2.05) is 0 Å². The van der Waals surface area contributed by atoms with Gasteiger partial charge in [-0.05, 0) is 60.9 Å². The topological polar surface area (TPSA) is 100 Å². The Labute approximate surface area is 204 Å². The van der Waals surface area contributed by atoms with Crippen LogP contribution in [0.4, 0.5) is 0 Å². The van der Waals surface area contributed by atoms with E-state index in [4.69, 9.17) is 21.1 Å². The second-order valence-corrected chi connectivity index (χ2v) is 9.23. The Kier molecular flexibility index (Phi) is 6.91. The molecule has 3 aliphatic rings. The molecule has 2 aromatic carbocycles. The average molecular weight is 531 g/mol. The van der Waals surface area contributed by atoms with Gasteiger partial charge in [-0.1, -0.05) is 33.6 Å². The summed E-state index contributed by atoms with van der Waals surface area (Å²) in [5, 5.41) is 15.4. The third kappa shape index (κ3) is 5.67. The van der Waals surface area contributed by atoms with Crippen molar-refractivity contribution in [1.29, 1.82) is 5.26 Å². The quantitative estimate of drug-likeness (QED) is 0.573. The fourth-order valence-corrected chi connectivity index (χ4v) is 4.02. The second-order valence-electron chi connectivity index (χ2n) is 7.91. The molecule has 2 heterocycles. The molecule has 7 nitrogen and oxygen atoms in total. The Morgan fingerprint density at radius 2 is 1.85 bits per heavy atom. The number of rotatable bonds is 2. The zero-order chi connectivity index (χ0) is 23.4. The van der Waals surface area contributed by atoms with Crippen LogP contribution in [-0.2, 0) is 11.2 Å². The summed E-state index contributed by atoms with van der Waals surface area (Å²) in [6.45, 7) is 0.532. The Balaban J connectivity index is 1.67. The number of nitriles is 1.